The number of nitro groups is 1. The van der Waals surface area contributed by atoms with Gasteiger partial charge in [0.1, 0.15) is 10.5 Å². The van der Waals surface area contributed by atoms with Crippen LogP contribution in [0.15, 0.2) is 41.3 Å². The Balaban J connectivity index is 2.54. The fraction of sp³-hybridized carbons (Fsp3) is 0.133. The normalized spacial score (nSPS) is 11.0. The lowest BCUT2D eigenvalue weighted by atomic mass is 10.1. The Morgan fingerprint density at radius 1 is 1.16 bits per heavy atom. The van der Waals surface area contributed by atoms with Crippen molar-refractivity contribution in [3.63, 3.8) is 0 Å². The van der Waals surface area contributed by atoms with Gasteiger partial charge in [-0.15, -0.1) is 0 Å². The molecule has 2 rings (SSSR count). The summed E-state index contributed by atoms with van der Waals surface area (Å²) in [5.74, 6) is -2.36. The Labute approximate surface area is 142 Å². The highest BCUT2D eigenvalue weighted by molar-refractivity contribution is 7.87. The molecule has 2 aromatic rings. The summed E-state index contributed by atoms with van der Waals surface area (Å²) in [4.78, 5) is 21.1. The predicted octanol–water partition coefficient (Wildman–Crippen LogP) is 2.38. The summed E-state index contributed by atoms with van der Waals surface area (Å²) >= 11 is 0. The summed E-state index contributed by atoms with van der Waals surface area (Å²) in [6.45, 7) is 1.77. The van der Waals surface area contributed by atoms with Gasteiger partial charge in [0.25, 0.3) is 5.69 Å². The number of benzene rings is 2. The van der Waals surface area contributed by atoms with Crippen LogP contribution < -0.4 is 8.92 Å². The van der Waals surface area contributed by atoms with Crippen molar-refractivity contribution < 1.29 is 32.2 Å². The van der Waals surface area contributed by atoms with Crippen LogP contribution in [0.25, 0.3) is 0 Å². The van der Waals surface area contributed by atoms with Gasteiger partial charge < -0.3 is 14.0 Å². The van der Waals surface area contributed by atoms with E-state index in [4.69, 9.17) is 14.0 Å². The molecule has 0 unspecified atom stereocenters. The first-order valence-electron chi connectivity index (χ1n) is 6.76. The number of rotatable bonds is 6. The molecule has 0 amide bonds. The fourth-order valence-electron chi connectivity index (χ4n) is 1.97. The maximum atomic E-state index is 12.3. The van der Waals surface area contributed by atoms with Gasteiger partial charge in [-0.3, -0.25) is 10.1 Å². The van der Waals surface area contributed by atoms with Crippen LogP contribution in [0.3, 0.4) is 0 Å². The molecule has 0 atom stereocenters. The van der Waals surface area contributed by atoms with Crippen LogP contribution in [-0.4, -0.2) is 31.5 Å². The monoisotopic (exact) mass is 367 g/mol. The molecule has 2 aromatic carbocycles. The molecule has 1 N–H and O–H groups in total. The van der Waals surface area contributed by atoms with E-state index in [9.17, 15) is 23.3 Å². The second-order valence-electron chi connectivity index (χ2n) is 4.93. The van der Waals surface area contributed by atoms with Gasteiger partial charge in [0.05, 0.1) is 18.1 Å². The Morgan fingerprint density at radius 2 is 1.76 bits per heavy atom. The average Bonchev–Trinajstić information content (AvgIpc) is 2.54. The van der Waals surface area contributed by atoms with Crippen molar-refractivity contribution in [2.75, 3.05) is 7.11 Å². The summed E-state index contributed by atoms with van der Waals surface area (Å²) in [6.07, 6.45) is 0. The molecule has 0 spiro atoms. The fourth-order valence-corrected chi connectivity index (χ4v) is 2.90. The zero-order valence-electron chi connectivity index (χ0n) is 13.1. The highest BCUT2D eigenvalue weighted by Crippen LogP contribution is 2.36. The first-order valence-corrected chi connectivity index (χ1v) is 8.17. The number of methoxy groups -OCH3 is 1. The van der Waals surface area contributed by atoms with Gasteiger partial charge in [-0.2, -0.15) is 8.42 Å². The van der Waals surface area contributed by atoms with E-state index in [0.717, 1.165) is 24.8 Å². The smallest absolute Gasteiger partial charge is 0.342 e. The van der Waals surface area contributed by atoms with Gasteiger partial charge in [0.2, 0.25) is 0 Å². The van der Waals surface area contributed by atoms with Gasteiger partial charge in [-0.25, -0.2) is 4.79 Å². The molecule has 10 heteroatoms. The van der Waals surface area contributed by atoms with E-state index < -0.39 is 38.0 Å². The van der Waals surface area contributed by atoms with Gasteiger partial charge >= 0.3 is 16.1 Å². The molecule has 0 saturated heterocycles. The van der Waals surface area contributed by atoms with Crippen molar-refractivity contribution in [3.05, 3.63) is 57.6 Å². The lowest BCUT2D eigenvalue weighted by Gasteiger charge is -2.12. The van der Waals surface area contributed by atoms with E-state index >= 15 is 0 Å². The topological polar surface area (TPSA) is 133 Å². The van der Waals surface area contributed by atoms with Gasteiger partial charge in [0.15, 0.2) is 11.5 Å². The minimum Gasteiger partial charge on any atom is -0.493 e. The number of nitrogens with zero attached hydrogens (tertiary/aromatic N) is 1. The predicted molar refractivity (Wildman–Crippen MR) is 85.6 cm³/mol. The van der Waals surface area contributed by atoms with E-state index in [2.05, 4.69) is 0 Å². The number of carbonyl (C=O) groups is 1. The van der Waals surface area contributed by atoms with Crippen molar-refractivity contribution in [1.82, 2.24) is 0 Å². The first kappa shape index (κ1) is 18.2. The third-order valence-corrected chi connectivity index (χ3v) is 4.47. The first-order chi connectivity index (χ1) is 11.7. The molecule has 0 fully saturated rings. The van der Waals surface area contributed by atoms with Crippen molar-refractivity contribution in [2.24, 2.45) is 0 Å². The van der Waals surface area contributed by atoms with E-state index in [1.54, 1.807) is 19.1 Å². The van der Waals surface area contributed by atoms with Crippen LogP contribution in [-0.2, 0) is 10.1 Å². The third kappa shape index (κ3) is 3.86. The zero-order valence-corrected chi connectivity index (χ0v) is 13.9. The Kier molecular flexibility index (Phi) is 4.93. The maximum Gasteiger partial charge on any atom is 0.342 e. The van der Waals surface area contributed by atoms with Crippen molar-refractivity contribution in [1.29, 1.82) is 0 Å². The molecule has 0 aliphatic heterocycles. The third-order valence-electron chi connectivity index (χ3n) is 3.22. The highest BCUT2D eigenvalue weighted by atomic mass is 32.2. The summed E-state index contributed by atoms with van der Waals surface area (Å²) in [5, 5.41) is 20.1. The number of ether oxygens (including phenoxy) is 1. The molecule has 0 heterocycles. The summed E-state index contributed by atoms with van der Waals surface area (Å²) < 4.78 is 34.5. The Bertz CT molecular complexity index is 935. The van der Waals surface area contributed by atoms with Crippen LogP contribution in [0.2, 0.25) is 0 Å². The van der Waals surface area contributed by atoms with E-state index in [-0.39, 0.29) is 10.6 Å². The van der Waals surface area contributed by atoms with Crippen molar-refractivity contribution in [2.45, 2.75) is 11.8 Å². The molecule has 132 valence electrons. The Morgan fingerprint density at radius 3 is 2.24 bits per heavy atom. The van der Waals surface area contributed by atoms with Crippen molar-refractivity contribution in [3.8, 4) is 11.5 Å². The standard InChI is InChI=1S/C15H13NO8S/c1-9-3-5-10(6-4-9)25(21,22)24-14-7-11(15(17)18)12(16(19)20)8-13(14)23-2/h3-8H,1-2H3,(H,17,18). The molecule has 0 aliphatic carbocycles. The van der Waals surface area contributed by atoms with Crippen LogP contribution >= 0.6 is 0 Å². The van der Waals surface area contributed by atoms with E-state index in [0.29, 0.717) is 0 Å². The van der Waals surface area contributed by atoms with Crippen LogP contribution in [0.4, 0.5) is 5.69 Å². The number of hydrogen-bond acceptors (Lipinski definition) is 7. The summed E-state index contributed by atoms with van der Waals surface area (Å²) in [6, 6.07) is 7.30. The maximum absolute atomic E-state index is 12.3. The van der Waals surface area contributed by atoms with Crippen molar-refractivity contribution >= 4 is 21.8 Å². The molecular formula is C15H13NO8S. The zero-order chi connectivity index (χ0) is 18.8. The lowest BCUT2D eigenvalue weighted by Crippen LogP contribution is -2.12. The molecule has 0 aromatic heterocycles. The average molecular weight is 367 g/mol. The second-order valence-corrected chi connectivity index (χ2v) is 6.48. The van der Waals surface area contributed by atoms with Crippen LogP contribution in [0.5, 0.6) is 11.5 Å². The number of aryl methyl sites for hydroxylation is 1. The SMILES string of the molecule is COc1cc([N+](=O)[O-])c(C(=O)O)cc1OS(=O)(=O)c1ccc(C)cc1. The summed E-state index contributed by atoms with van der Waals surface area (Å²) in [7, 11) is -3.14. The second kappa shape index (κ2) is 6.77. The Hall–Kier alpha value is -3.14. The number of carboxylic acids is 1. The van der Waals surface area contributed by atoms with E-state index in [1.807, 2.05) is 0 Å². The summed E-state index contributed by atoms with van der Waals surface area (Å²) in [5.41, 5.74) is -0.635. The van der Waals surface area contributed by atoms with Crippen LogP contribution in [0.1, 0.15) is 15.9 Å². The number of nitro benzene ring substituents is 1. The van der Waals surface area contributed by atoms with Gasteiger partial charge in [-0.1, -0.05) is 17.7 Å². The van der Waals surface area contributed by atoms with Gasteiger partial charge in [0, 0.05) is 6.07 Å². The molecule has 0 bridgehead atoms. The van der Waals surface area contributed by atoms with Gasteiger partial charge in [-0.05, 0) is 19.1 Å². The number of hydrogen-bond donors (Lipinski definition) is 1. The molecule has 0 radical (unpaired) electrons. The molecular weight excluding hydrogens is 354 g/mol. The highest BCUT2D eigenvalue weighted by Gasteiger charge is 2.27. The molecule has 9 nitrogen and oxygen atoms in total. The van der Waals surface area contributed by atoms with E-state index in [1.165, 1.54) is 12.1 Å². The molecule has 0 aliphatic rings. The minimum absolute atomic E-state index is 0.157. The molecule has 25 heavy (non-hydrogen) atoms. The number of carboxylic acid groups (broad SMARTS) is 1. The minimum atomic E-state index is -4.28. The van der Waals surface area contributed by atoms with Crippen LogP contribution in [0, 0.1) is 17.0 Å². The lowest BCUT2D eigenvalue weighted by molar-refractivity contribution is -0.385. The quantitative estimate of drug-likeness (QED) is 0.467. The largest absolute Gasteiger partial charge is 0.493 e. The molecule has 0 saturated carbocycles. The number of aromatic carboxylic acids is 1.